The molecule has 0 aromatic heterocycles. The van der Waals surface area contributed by atoms with E-state index in [9.17, 15) is 10.1 Å². The molecule has 1 aliphatic rings. The van der Waals surface area contributed by atoms with Gasteiger partial charge in [-0.05, 0) is 30.9 Å². The summed E-state index contributed by atoms with van der Waals surface area (Å²) < 4.78 is 10.5. The van der Waals surface area contributed by atoms with Crippen LogP contribution in [-0.2, 0) is 14.3 Å². The predicted octanol–water partition coefficient (Wildman–Crippen LogP) is 3.27. The first kappa shape index (κ1) is 18.2. The van der Waals surface area contributed by atoms with Gasteiger partial charge in [-0.2, -0.15) is 5.26 Å². The van der Waals surface area contributed by atoms with Crippen LogP contribution in [0.4, 0.5) is 0 Å². The van der Waals surface area contributed by atoms with Gasteiger partial charge in [-0.15, -0.1) is 23.4 Å². The Hall–Kier alpha value is -2.10. The summed E-state index contributed by atoms with van der Waals surface area (Å²) in [5, 5.41) is 9.50. The van der Waals surface area contributed by atoms with Crippen LogP contribution in [0.2, 0.25) is 0 Å². The summed E-state index contributed by atoms with van der Waals surface area (Å²) >= 11 is 7.52. The van der Waals surface area contributed by atoms with E-state index in [2.05, 4.69) is 0 Å². The van der Waals surface area contributed by atoms with Crippen molar-refractivity contribution in [2.45, 2.75) is 17.7 Å². The summed E-state index contributed by atoms with van der Waals surface area (Å²) in [6.07, 6.45) is 1.97. The minimum atomic E-state index is -0.660. The van der Waals surface area contributed by atoms with E-state index in [1.165, 1.54) is 0 Å². The lowest BCUT2D eigenvalue weighted by molar-refractivity contribution is -0.139. The number of ether oxygens (including phenoxy) is 2. The molecule has 0 fully saturated rings. The number of halogens is 1. The second kappa shape index (κ2) is 8.13. The summed E-state index contributed by atoms with van der Waals surface area (Å²) in [5.41, 5.74) is 7.00. The van der Waals surface area contributed by atoms with Crippen LogP contribution in [0.3, 0.4) is 0 Å². The van der Waals surface area contributed by atoms with Crippen LogP contribution in [0.25, 0.3) is 0 Å². The van der Waals surface area contributed by atoms with Crippen LogP contribution in [0.5, 0.6) is 0 Å². The lowest BCUT2D eigenvalue weighted by Crippen LogP contribution is -2.26. The number of benzene rings is 1. The molecule has 1 aromatic carbocycles. The van der Waals surface area contributed by atoms with Crippen LogP contribution in [0, 0.1) is 11.3 Å². The largest absolute Gasteiger partial charge is 0.463 e. The van der Waals surface area contributed by atoms with Gasteiger partial charge in [0, 0.05) is 4.90 Å². The Morgan fingerprint density at radius 3 is 2.62 bits per heavy atom. The molecule has 0 radical (unpaired) electrons. The second-order valence-electron chi connectivity index (χ2n) is 4.89. The molecule has 0 unspecified atom stereocenters. The van der Waals surface area contributed by atoms with Gasteiger partial charge >= 0.3 is 5.97 Å². The fourth-order valence-corrected chi connectivity index (χ4v) is 3.09. The Balaban J connectivity index is 2.60. The quantitative estimate of drug-likeness (QED) is 0.490. The number of esters is 1. The molecule has 2 rings (SSSR count). The third-order valence-electron chi connectivity index (χ3n) is 3.56. The number of carbonyl (C=O) groups excluding carboxylic acids is 1. The van der Waals surface area contributed by atoms with Crippen molar-refractivity contribution in [1.82, 2.24) is 0 Å². The summed E-state index contributed by atoms with van der Waals surface area (Å²) in [5.74, 6) is -1.10. The number of nitriles is 1. The highest BCUT2D eigenvalue weighted by molar-refractivity contribution is 7.98. The normalized spacial score (nSPS) is 17.3. The molecule has 1 heterocycles. The highest BCUT2D eigenvalue weighted by Crippen LogP contribution is 2.40. The first-order chi connectivity index (χ1) is 11.6. The number of allylic oxidation sites excluding steroid dienone is 2. The number of alkyl halides is 1. The third-order valence-corrected chi connectivity index (χ3v) is 4.55. The Bertz CT molecular complexity index is 735. The monoisotopic (exact) mass is 364 g/mol. The Labute approximate surface area is 150 Å². The van der Waals surface area contributed by atoms with Crippen LogP contribution in [0.15, 0.2) is 51.9 Å². The van der Waals surface area contributed by atoms with Crippen molar-refractivity contribution in [2.24, 2.45) is 5.73 Å². The summed E-state index contributed by atoms with van der Waals surface area (Å²) in [6, 6.07) is 9.60. The zero-order valence-corrected chi connectivity index (χ0v) is 14.9. The highest BCUT2D eigenvalue weighted by atomic mass is 35.5. The number of hydrogen-bond donors (Lipinski definition) is 1. The van der Waals surface area contributed by atoms with E-state index in [1.54, 1.807) is 18.7 Å². The zero-order chi connectivity index (χ0) is 17.7. The minimum absolute atomic E-state index is 0.0415. The van der Waals surface area contributed by atoms with Crippen molar-refractivity contribution in [3.05, 3.63) is 52.6 Å². The standard InChI is InChI=1S/C17H17ClN2O3S/c1-3-22-17(21)15-13(8-18)23-16(20)12(9-19)14(15)10-4-6-11(24-2)7-5-10/h4-7,14H,3,8,20H2,1-2H3/t14-/m1/s1. The maximum Gasteiger partial charge on any atom is 0.338 e. The molecule has 126 valence electrons. The average molecular weight is 365 g/mol. The molecular weight excluding hydrogens is 348 g/mol. The van der Waals surface area contributed by atoms with E-state index in [4.69, 9.17) is 26.8 Å². The van der Waals surface area contributed by atoms with Gasteiger partial charge in [0.2, 0.25) is 5.88 Å². The maximum absolute atomic E-state index is 12.4. The van der Waals surface area contributed by atoms with Gasteiger partial charge in [0.1, 0.15) is 17.4 Å². The van der Waals surface area contributed by atoms with Crippen LogP contribution < -0.4 is 5.73 Å². The molecule has 5 nitrogen and oxygen atoms in total. The molecule has 24 heavy (non-hydrogen) atoms. The molecule has 1 aromatic rings. The van der Waals surface area contributed by atoms with E-state index in [0.29, 0.717) is 0 Å². The molecule has 0 saturated carbocycles. The topological polar surface area (TPSA) is 85.3 Å². The fraction of sp³-hybridized carbons (Fsp3) is 0.294. The zero-order valence-electron chi connectivity index (χ0n) is 13.3. The molecule has 1 atom stereocenters. The molecule has 0 amide bonds. The van der Waals surface area contributed by atoms with Gasteiger partial charge in [0.05, 0.1) is 24.0 Å². The van der Waals surface area contributed by atoms with Gasteiger partial charge in [0.25, 0.3) is 0 Å². The van der Waals surface area contributed by atoms with Crippen LogP contribution >= 0.6 is 23.4 Å². The summed E-state index contributed by atoms with van der Waals surface area (Å²) in [4.78, 5) is 13.5. The van der Waals surface area contributed by atoms with Crippen molar-refractivity contribution in [1.29, 1.82) is 5.26 Å². The maximum atomic E-state index is 12.4. The van der Waals surface area contributed by atoms with E-state index < -0.39 is 11.9 Å². The van der Waals surface area contributed by atoms with Crippen molar-refractivity contribution >= 4 is 29.3 Å². The molecule has 7 heteroatoms. The van der Waals surface area contributed by atoms with Crippen molar-refractivity contribution in [2.75, 3.05) is 18.7 Å². The Morgan fingerprint density at radius 1 is 1.46 bits per heavy atom. The number of rotatable bonds is 5. The molecular formula is C17H17ClN2O3S. The molecule has 1 aliphatic heterocycles. The van der Waals surface area contributed by atoms with Crippen molar-refractivity contribution in [3.63, 3.8) is 0 Å². The number of nitrogens with two attached hydrogens (primary N) is 1. The van der Waals surface area contributed by atoms with Gasteiger partial charge in [-0.1, -0.05) is 12.1 Å². The van der Waals surface area contributed by atoms with Crippen LogP contribution in [0.1, 0.15) is 18.4 Å². The smallest absolute Gasteiger partial charge is 0.338 e. The first-order valence-corrected chi connectivity index (χ1v) is 9.00. The van der Waals surface area contributed by atoms with E-state index in [-0.39, 0.29) is 35.3 Å². The first-order valence-electron chi connectivity index (χ1n) is 7.25. The lowest BCUT2D eigenvalue weighted by atomic mass is 9.83. The predicted molar refractivity (Wildman–Crippen MR) is 93.3 cm³/mol. The van der Waals surface area contributed by atoms with E-state index in [0.717, 1.165) is 10.5 Å². The lowest BCUT2D eigenvalue weighted by Gasteiger charge is -2.27. The summed E-state index contributed by atoms with van der Waals surface area (Å²) in [7, 11) is 0. The number of hydrogen-bond acceptors (Lipinski definition) is 6. The fourth-order valence-electron chi connectivity index (χ4n) is 2.48. The Kier molecular flexibility index (Phi) is 6.18. The van der Waals surface area contributed by atoms with Crippen molar-refractivity contribution < 1.29 is 14.3 Å². The Morgan fingerprint density at radius 2 is 2.12 bits per heavy atom. The van der Waals surface area contributed by atoms with Gasteiger partial charge < -0.3 is 15.2 Å². The molecule has 0 aliphatic carbocycles. The van der Waals surface area contributed by atoms with E-state index in [1.807, 2.05) is 36.6 Å². The molecule has 0 spiro atoms. The molecule has 0 saturated heterocycles. The highest BCUT2D eigenvalue weighted by Gasteiger charge is 2.37. The van der Waals surface area contributed by atoms with Crippen molar-refractivity contribution in [3.8, 4) is 6.07 Å². The molecule has 0 bridgehead atoms. The SMILES string of the molecule is CCOC(=O)C1=C(CCl)OC(N)=C(C#N)[C@H]1c1ccc(SC)cc1. The number of carbonyl (C=O) groups is 1. The van der Waals surface area contributed by atoms with Gasteiger partial charge in [-0.25, -0.2) is 4.79 Å². The third kappa shape index (κ3) is 3.53. The molecule has 2 N–H and O–H groups in total. The van der Waals surface area contributed by atoms with Gasteiger partial charge in [0.15, 0.2) is 0 Å². The minimum Gasteiger partial charge on any atom is -0.463 e. The van der Waals surface area contributed by atoms with E-state index >= 15 is 0 Å². The average Bonchev–Trinajstić information content (AvgIpc) is 2.60. The summed E-state index contributed by atoms with van der Waals surface area (Å²) in [6.45, 7) is 1.91. The van der Waals surface area contributed by atoms with Crippen LogP contribution in [-0.4, -0.2) is 24.7 Å². The number of nitrogens with zero attached hydrogens (tertiary/aromatic N) is 1. The second-order valence-corrected chi connectivity index (χ2v) is 6.04. The van der Waals surface area contributed by atoms with Gasteiger partial charge in [-0.3, -0.25) is 0 Å². The number of thioether (sulfide) groups is 1.